The van der Waals surface area contributed by atoms with Crippen molar-refractivity contribution in [2.45, 2.75) is 32.7 Å². The number of carbonyl (C=O) groups is 1. The molecule has 1 atom stereocenters. The maximum absolute atomic E-state index is 12.3. The monoisotopic (exact) mass is 251 g/mol. The lowest BCUT2D eigenvalue weighted by molar-refractivity contribution is 0.0709. The molecular weight excluding hydrogens is 230 g/mol. The molecule has 6 heteroatoms. The van der Waals surface area contributed by atoms with E-state index < -0.39 is 0 Å². The first-order valence-electron chi connectivity index (χ1n) is 6.55. The third kappa shape index (κ3) is 3.29. The maximum Gasteiger partial charge on any atom is 0.291 e. The number of aromatic amines is 1. The Morgan fingerprint density at radius 1 is 1.61 bits per heavy atom. The number of hydrogen-bond acceptors (Lipinski definition) is 4. The van der Waals surface area contributed by atoms with E-state index in [9.17, 15) is 4.79 Å². The molecule has 1 aromatic rings. The molecule has 0 saturated carbocycles. The van der Waals surface area contributed by atoms with Gasteiger partial charge in [0.15, 0.2) is 0 Å². The molecule has 1 aromatic heterocycles. The Balaban J connectivity index is 2.01. The van der Waals surface area contributed by atoms with Crippen LogP contribution in [0.15, 0.2) is 6.33 Å². The fourth-order valence-electron chi connectivity index (χ4n) is 2.32. The Bertz CT molecular complexity index is 370. The van der Waals surface area contributed by atoms with Gasteiger partial charge in [-0.05, 0) is 25.3 Å². The van der Waals surface area contributed by atoms with Crippen LogP contribution in [0.1, 0.15) is 37.3 Å². The number of rotatable bonds is 5. The van der Waals surface area contributed by atoms with Gasteiger partial charge in [0.05, 0.1) is 0 Å². The largest absolute Gasteiger partial charge is 0.334 e. The Labute approximate surface area is 107 Å². The third-order valence-electron chi connectivity index (χ3n) is 3.09. The minimum Gasteiger partial charge on any atom is -0.334 e. The topological polar surface area (TPSA) is 73.9 Å². The van der Waals surface area contributed by atoms with Gasteiger partial charge in [-0.15, -0.1) is 0 Å². The third-order valence-corrected chi connectivity index (χ3v) is 3.09. The van der Waals surface area contributed by atoms with Crippen molar-refractivity contribution in [1.82, 2.24) is 25.4 Å². The Hall–Kier alpha value is -1.43. The lowest BCUT2D eigenvalue weighted by Gasteiger charge is -2.26. The van der Waals surface area contributed by atoms with E-state index in [0.717, 1.165) is 26.1 Å². The summed E-state index contributed by atoms with van der Waals surface area (Å²) in [6, 6.07) is 0.413. The molecule has 1 aliphatic rings. The molecule has 2 heterocycles. The highest BCUT2D eigenvalue weighted by molar-refractivity contribution is 5.90. The smallest absolute Gasteiger partial charge is 0.291 e. The zero-order valence-electron chi connectivity index (χ0n) is 11.0. The number of aromatic nitrogens is 3. The van der Waals surface area contributed by atoms with Crippen molar-refractivity contribution in [3.63, 3.8) is 0 Å². The SMILES string of the molecule is CC(C)CN(CC1CCCN1)C(=O)c1ncn[nH]1. The normalized spacial score (nSPS) is 19.4. The van der Waals surface area contributed by atoms with Gasteiger partial charge < -0.3 is 10.2 Å². The summed E-state index contributed by atoms with van der Waals surface area (Å²) in [5.74, 6) is 0.710. The highest BCUT2D eigenvalue weighted by atomic mass is 16.2. The lowest BCUT2D eigenvalue weighted by Crippen LogP contribution is -2.43. The molecule has 0 radical (unpaired) electrons. The molecule has 0 spiro atoms. The summed E-state index contributed by atoms with van der Waals surface area (Å²) in [6.45, 7) is 6.78. The van der Waals surface area contributed by atoms with Crippen molar-refractivity contribution < 1.29 is 4.79 Å². The molecule has 1 unspecified atom stereocenters. The van der Waals surface area contributed by atoms with Gasteiger partial charge in [-0.2, -0.15) is 5.10 Å². The molecule has 1 fully saturated rings. The van der Waals surface area contributed by atoms with Crippen molar-refractivity contribution >= 4 is 5.91 Å². The van der Waals surface area contributed by atoms with Gasteiger partial charge in [0.2, 0.25) is 5.82 Å². The molecule has 6 nitrogen and oxygen atoms in total. The van der Waals surface area contributed by atoms with Gasteiger partial charge in [-0.25, -0.2) is 4.98 Å². The van der Waals surface area contributed by atoms with Gasteiger partial charge in [-0.3, -0.25) is 9.89 Å². The van der Waals surface area contributed by atoms with Crippen molar-refractivity contribution in [2.24, 2.45) is 5.92 Å². The molecule has 2 N–H and O–H groups in total. The number of H-pyrrole nitrogens is 1. The first-order valence-corrected chi connectivity index (χ1v) is 6.55. The van der Waals surface area contributed by atoms with E-state index in [4.69, 9.17) is 0 Å². The van der Waals surface area contributed by atoms with Gasteiger partial charge in [0.25, 0.3) is 5.91 Å². The van der Waals surface area contributed by atoms with Crippen LogP contribution in [0.4, 0.5) is 0 Å². The van der Waals surface area contributed by atoms with Crippen LogP contribution >= 0.6 is 0 Å². The summed E-state index contributed by atoms with van der Waals surface area (Å²) in [4.78, 5) is 18.1. The van der Waals surface area contributed by atoms with E-state index in [2.05, 4.69) is 34.3 Å². The molecule has 0 aliphatic carbocycles. The highest BCUT2D eigenvalue weighted by Crippen LogP contribution is 2.10. The summed E-state index contributed by atoms with van der Waals surface area (Å²) in [6.07, 6.45) is 3.70. The van der Waals surface area contributed by atoms with Crippen LogP contribution in [0.2, 0.25) is 0 Å². The minimum atomic E-state index is -0.0603. The number of carbonyl (C=O) groups excluding carboxylic acids is 1. The van der Waals surface area contributed by atoms with Gasteiger partial charge >= 0.3 is 0 Å². The maximum atomic E-state index is 12.3. The fraction of sp³-hybridized carbons (Fsp3) is 0.750. The van der Waals surface area contributed by atoms with Crippen molar-refractivity contribution in [2.75, 3.05) is 19.6 Å². The molecule has 1 saturated heterocycles. The molecule has 0 aromatic carbocycles. The molecule has 1 amide bonds. The van der Waals surface area contributed by atoms with Gasteiger partial charge in [0.1, 0.15) is 6.33 Å². The molecular formula is C12H21N5O. The number of amides is 1. The second kappa shape index (κ2) is 5.95. The van der Waals surface area contributed by atoms with Crippen LogP contribution < -0.4 is 5.32 Å². The zero-order valence-corrected chi connectivity index (χ0v) is 11.0. The van der Waals surface area contributed by atoms with Crippen LogP contribution in [0, 0.1) is 5.92 Å². The van der Waals surface area contributed by atoms with E-state index in [1.165, 1.54) is 12.7 Å². The number of hydrogen-bond donors (Lipinski definition) is 2. The standard InChI is InChI=1S/C12H21N5O/c1-9(2)6-17(7-10-4-3-5-13-10)12(18)11-14-8-15-16-11/h8-10,13H,3-7H2,1-2H3,(H,14,15,16). The summed E-state index contributed by atoms with van der Waals surface area (Å²) in [5, 5.41) is 9.80. The molecule has 100 valence electrons. The predicted molar refractivity (Wildman–Crippen MR) is 68.1 cm³/mol. The number of nitrogens with zero attached hydrogens (tertiary/aromatic N) is 3. The van der Waals surface area contributed by atoms with Crippen LogP contribution in [0.3, 0.4) is 0 Å². The first-order chi connectivity index (χ1) is 8.66. The van der Waals surface area contributed by atoms with E-state index >= 15 is 0 Å². The van der Waals surface area contributed by atoms with Gasteiger partial charge in [-0.1, -0.05) is 13.8 Å². The molecule has 1 aliphatic heterocycles. The van der Waals surface area contributed by atoms with E-state index in [-0.39, 0.29) is 5.91 Å². The Morgan fingerprint density at radius 3 is 3.00 bits per heavy atom. The van der Waals surface area contributed by atoms with Crippen LogP contribution in [-0.4, -0.2) is 51.7 Å². The van der Waals surface area contributed by atoms with Gasteiger partial charge in [0, 0.05) is 19.1 Å². The predicted octanol–water partition coefficient (Wildman–Crippen LogP) is 0.655. The Morgan fingerprint density at radius 2 is 2.44 bits per heavy atom. The molecule has 2 rings (SSSR count). The fourth-order valence-corrected chi connectivity index (χ4v) is 2.32. The zero-order chi connectivity index (χ0) is 13.0. The van der Waals surface area contributed by atoms with E-state index in [0.29, 0.717) is 17.8 Å². The summed E-state index contributed by atoms with van der Waals surface area (Å²) in [7, 11) is 0. The summed E-state index contributed by atoms with van der Waals surface area (Å²) >= 11 is 0. The second-order valence-electron chi connectivity index (χ2n) is 5.23. The van der Waals surface area contributed by atoms with Crippen molar-refractivity contribution in [3.8, 4) is 0 Å². The van der Waals surface area contributed by atoms with E-state index in [1.807, 2.05) is 4.90 Å². The average Bonchev–Trinajstić information content (AvgIpc) is 2.99. The molecule has 0 bridgehead atoms. The van der Waals surface area contributed by atoms with Crippen LogP contribution in [0.25, 0.3) is 0 Å². The molecule has 18 heavy (non-hydrogen) atoms. The summed E-state index contributed by atoms with van der Waals surface area (Å²) < 4.78 is 0. The van der Waals surface area contributed by atoms with Crippen molar-refractivity contribution in [3.05, 3.63) is 12.2 Å². The Kier molecular flexibility index (Phi) is 4.30. The van der Waals surface area contributed by atoms with Crippen molar-refractivity contribution in [1.29, 1.82) is 0 Å². The van der Waals surface area contributed by atoms with Crippen LogP contribution in [-0.2, 0) is 0 Å². The lowest BCUT2D eigenvalue weighted by atomic mass is 10.1. The first kappa shape index (κ1) is 13.0. The highest BCUT2D eigenvalue weighted by Gasteiger charge is 2.24. The second-order valence-corrected chi connectivity index (χ2v) is 5.23. The van der Waals surface area contributed by atoms with Crippen LogP contribution in [0.5, 0.6) is 0 Å². The summed E-state index contributed by atoms with van der Waals surface area (Å²) in [5.41, 5.74) is 0. The quantitative estimate of drug-likeness (QED) is 0.806. The average molecular weight is 251 g/mol. The van der Waals surface area contributed by atoms with E-state index in [1.54, 1.807) is 0 Å². The number of nitrogens with one attached hydrogen (secondary N) is 2. The minimum absolute atomic E-state index is 0.0603.